The Labute approximate surface area is 180 Å². The fraction of sp³-hybridized carbons (Fsp3) is 0.667. The van der Waals surface area contributed by atoms with E-state index in [0.717, 1.165) is 0 Å². The molecule has 5 amide bonds. The molecule has 0 fully saturated rings. The van der Waals surface area contributed by atoms with E-state index in [-0.39, 0.29) is 5.92 Å². The van der Waals surface area contributed by atoms with E-state index in [0.29, 0.717) is 6.42 Å². The van der Waals surface area contributed by atoms with Crippen molar-refractivity contribution < 1.29 is 33.9 Å². The number of nitrogens with two attached hydrogens (primary N) is 1. The highest BCUT2D eigenvalue weighted by atomic mass is 16.4. The fourth-order valence-electron chi connectivity index (χ4n) is 2.24. The number of carboxylic acid groups (broad SMARTS) is 1. The Morgan fingerprint density at radius 3 is 1.71 bits per heavy atom. The molecule has 0 unspecified atom stereocenters. The van der Waals surface area contributed by atoms with Crippen LogP contribution in [0.15, 0.2) is 0 Å². The highest BCUT2D eigenvalue weighted by Crippen LogP contribution is 2.02. The van der Waals surface area contributed by atoms with E-state index in [1.807, 2.05) is 13.8 Å². The molecule has 0 radical (unpaired) electrons. The topological polar surface area (TPSA) is 209 Å². The zero-order chi connectivity index (χ0) is 24.1. The first-order valence-electron chi connectivity index (χ1n) is 9.72. The summed E-state index contributed by atoms with van der Waals surface area (Å²) in [6.07, 6.45) is 0.463. The van der Waals surface area contributed by atoms with Gasteiger partial charge in [-0.15, -0.1) is 0 Å². The van der Waals surface area contributed by atoms with E-state index >= 15 is 0 Å². The van der Waals surface area contributed by atoms with Crippen LogP contribution in [0.4, 0.5) is 0 Å². The normalized spacial score (nSPS) is 13.4. The summed E-state index contributed by atoms with van der Waals surface area (Å²) in [5.41, 5.74) is 5.74. The molecule has 0 heterocycles. The van der Waals surface area contributed by atoms with Gasteiger partial charge in [0, 0.05) is 0 Å². The smallest absolute Gasteiger partial charge is 0.322 e. The van der Waals surface area contributed by atoms with E-state index < -0.39 is 73.3 Å². The van der Waals surface area contributed by atoms with Crippen molar-refractivity contribution in [3.05, 3.63) is 0 Å². The van der Waals surface area contributed by atoms with Gasteiger partial charge in [0.25, 0.3) is 0 Å². The van der Waals surface area contributed by atoms with Gasteiger partial charge in [-0.25, -0.2) is 0 Å². The Morgan fingerprint density at radius 2 is 1.19 bits per heavy atom. The van der Waals surface area contributed by atoms with Crippen molar-refractivity contribution in [1.29, 1.82) is 0 Å². The number of rotatable bonds is 13. The van der Waals surface area contributed by atoms with Gasteiger partial charge in [0.1, 0.15) is 18.6 Å². The average molecular weight is 444 g/mol. The van der Waals surface area contributed by atoms with Crippen LogP contribution >= 0.6 is 0 Å². The van der Waals surface area contributed by atoms with Gasteiger partial charge in [0.2, 0.25) is 29.5 Å². The maximum atomic E-state index is 12.0. The van der Waals surface area contributed by atoms with Gasteiger partial charge >= 0.3 is 5.97 Å². The lowest BCUT2D eigenvalue weighted by Gasteiger charge is -2.18. The quantitative estimate of drug-likeness (QED) is 0.153. The van der Waals surface area contributed by atoms with Crippen LogP contribution in [0.2, 0.25) is 0 Å². The second kappa shape index (κ2) is 13.9. The lowest BCUT2D eigenvalue weighted by atomic mass is 10.0. The third-order valence-electron chi connectivity index (χ3n) is 3.87. The first kappa shape index (κ1) is 27.8. The van der Waals surface area contributed by atoms with Crippen LogP contribution in [0.3, 0.4) is 0 Å². The first-order chi connectivity index (χ1) is 14.3. The molecule has 0 saturated heterocycles. The molecule has 13 heteroatoms. The van der Waals surface area contributed by atoms with E-state index in [9.17, 15) is 28.8 Å². The van der Waals surface area contributed by atoms with Crippen LogP contribution in [0.25, 0.3) is 0 Å². The summed E-state index contributed by atoms with van der Waals surface area (Å²) in [7, 11) is 0. The van der Waals surface area contributed by atoms with Crippen LogP contribution in [-0.2, 0) is 28.8 Å². The summed E-state index contributed by atoms with van der Waals surface area (Å²) in [5.74, 6) is -4.13. The van der Waals surface area contributed by atoms with E-state index in [2.05, 4.69) is 26.6 Å². The number of nitrogens with one attached hydrogen (secondary N) is 5. The Bertz CT molecular complexity index is 682. The van der Waals surface area contributed by atoms with Crippen LogP contribution in [0.1, 0.15) is 34.1 Å². The van der Waals surface area contributed by atoms with Crippen LogP contribution in [-0.4, -0.2) is 78.4 Å². The molecule has 0 bridgehead atoms. The van der Waals surface area contributed by atoms with Gasteiger partial charge < -0.3 is 37.4 Å². The zero-order valence-corrected chi connectivity index (χ0v) is 18.1. The minimum atomic E-state index is -1.23. The third-order valence-corrected chi connectivity index (χ3v) is 3.87. The molecule has 3 atom stereocenters. The van der Waals surface area contributed by atoms with Gasteiger partial charge in [-0.3, -0.25) is 28.8 Å². The summed E-state index contributed by atoms with van der Waals surface area (Å²) in [5, 5.41) is 19.9. The molecule has 0 aromatic carbocycles. The maximum Gasteiger partial charge on any atom is 0.322 e. The number of hydrogen-bond acceptors (Lipinski definition) is 7. The van der Waals surface area contributed by atoms with E-state index in [1.165, 1.54) is 13.8 Å². The van der Waals surface area contributed by atoms with Crippen molar-refractivity contribution in [1.82, 2.24) is 26.6 Å². The van der Waals surface area contributed by atoms with Gasteiger partial charge in [-0.2, -0.15) is 0 Å². The molecular weight excluding hydrogens is 412 g/mol. The summed E-state index contributed by atoms with van der Waals surface area (Å²) in [4.78, 5) is 69.4. The predicted molar refractivity (Wildman–Crippen MR) is 109 cm³/mol. The lowest BCUT2D eigenvalue weighted by molar-refractivity contribution is -0.138. The number of hydrogen-bond donors (Lipinski definition) is 7. The molecule has 0 aromatic rings. The van der Waals surface area contributed by atoms with Crippen LogP contribution < -0.4 is 32.3 Å². The molecule has 0 rings (SSSR count). The zero-order valence-electron chi connectivity index (χ0n) is 18.1. The van der Waals surface area contributed by atoms with Crippen molar-refractivity contribution in [2.75, 3.05) is 19.6 Å². The Balaban J connectivity index is 4.22. The van der Waals surface area contributed by atoms with Crippen molar-refractivity contribution in [3.63, 3.8) is 0 Å². The molecule has 13 nitrogen and oxygen atoms in total. The first-order valence-corrected chi connectivity index (χ1v) is 9.72. The molecule has 31 heavy (non-hydrogen) atoms. The number of carboxylic acids is 1. The molecule has 0 aromatic heterocycles. The Kier molecular flexibility index (Phi) is 12.5. The molecule has 0 aliphatic rings. The minimum Gasteiger partial charge on any atom is -0.480 e. The number of carbonyl (C=O) groups excluding carboxylic acids is 5. The van der Waals surface area contributed by atoms with Gasteiger partial charge in [-0.1, -0.05) is 13.8 Å². The van der Waals surface area contributed by atoms with Crippen molar-refractivity contribution in [2.24, 2.45) is 11.7 Å². The highest BCUT2D eigenvalue weighted by Gasteiger charge is 2.21. The Hall–Kier alpha value is -3.22. The number of aliphatic carboxylic acids is 1. The van der Waals surface area contributed by atoms with E-state index in [1.54, 1.807) is 0 Å². The third kappa shape index (κ3) is 12.8. The predicted octanol–water partition coefficient (Wildman–Crippen LogP) is -3.20. The monoisotopic (exact) mass is 444 g/mol. The highest BCUT2D eigenvalue weighted by molar-refractivity contribution is 5.93. The summed E-state index contributed by atoms with van der Waals surface area (Å²) in [6, 6.07) is -2.66. The molecule has 0 spiro atoms. The van der Waals surface area contributed by atoms with Crippen molar-refractivity contribution in [3.8, 4) is 0 Å². The van der Waals surface area contributed by atoms with Gasteiger partial charge in [0.05, 0.1) is 19.1 Å². The van der Waals surface area contributed by atoms with Crippen LogP contribution in [0, 0.1) is 5.92 Å². The fourth-order valence-corrected chi connectivity index (χ4v) is 2.24. The Morgan fingerprint density at radius 1 is 0.710 bits per heavy atom. The minimum absolute atomic E-state index is 0.216. The lowest BCUT2D eigenvalue weighted by Crippen LogP contribution is -2.52. The molecule has 0 aliphatic heterocycles. The molecule has 176 valence electrons. The van der Waals surface area contributed by atoms with Crippen molar-refractivity contribution >= 4 is 35.5 Å². The molecule has 8 N–H and O–H groups in total. The second-order valence-electron chi connectivity index (χ2n) is 7.36. The van der Waals surface area contributed by atoms with Gasteiger partial charge in [-0.05, 0) is 26.2 Å². The number of amides is 5. The standard InChI is InChI=1S/C18H32N6O7/c1-9(2)5-12(19)18(31)24-11(4)17(30)21-6-13(25)20-7-14(26)23-10(3)16(29)22-8-15(27)28/h9-12H,5-8,19H2,1-4H3,(H,20,25)(H,21,30)(H,22,29)(H,23,26)(H,24,31)(H,27,28)/t10-,11-,12-/m0/s1. The SMILES string of the molecule is CC(C)C[C@H](N)C(=O)N[C@@H](C)C(=O)NCC(=O)NCC(=O)N[C@@H](C)C(=O)NCC(=O)O. The summed E-state index contributed by atoms with van der Waals surface area (Å²) < 4.78 is 0. The second-order valence-corrected chi connectivity index (χ2v) is 7.36. The maximum absolute atomic E-state index is 12.0. The number of carbonyl (C=O) groups is 6. The van der Waals surface area contributed by atoms with E-state index in [4.69, 9.17) is 10.8 Å². The summed E-state index contributed by atoms with van der Waals surface area (Å²) >= 11 is 0. The summed E-state index contributed by atoms with van der Waals surface area (Å²) in [6.45, 7) is 5.14. The largest absolute Gasteiger partial charge is 0.480 e. The molecular formula is C18H32N6O7. The molecule has 0 aliphatic carbocycles. The van der Waals surface area contributed by atoms with Gasteiger partial charge in [0.15, 0.2) is 0 Å². The molecule has 0 saturated carbocycles. The average Bonchev–Trinajstić information content (AvgIpc) is 2.67. The van der Waals surface area contributed by atoms with Crippen molar-refractivity contribution in [2.45, 2.75) is 52.2 Å². The van der Waals surface area contributed by atoms with Crippen LogP contribution in [0.5, 0.6) is 0 Å².